The lowest BCUT2D eigenvalue weighted by molar-refractivity contribution is -0.113. The molecule has 0 saturated carbocycles. The van der Waals surface area contributed by atoms with Crippen LogP contribution in [-0.2, 0) is 4.79 Å². The SMILES string of the molecule is CCCCOc1ccc(-c2cc3c4nnc(SCC(=O)Nc5ccccc5)n4ccn3n2)cc1. The molecule has 1 amide bonds. The van der Waals surface area contributed by atoms with E-state index in [9.17, 15) is 4.79 Å². The van der Waals surface area contributed by atoms with E-state index in [1.165, 1.54) is 11.8 Å². The van der Waals surface area contributed by atoms with Crippen molar-refractivity contribution in [3.05, 3.63) is 73.1 Å². The van der Waals surface area contributed by atoms with Crippen molar-refractivity contribution in [2.24, 2.45) is 0 Å². The smallest absolute Gasteiger partial charge is 0.234 e. The number of carbonyl (C=O) groups excluding carboxylic acids is 1. The van der Waals surface area contributed by atoms with E-state index in [1.54, 1.807) is 4.52 Å². The largest absolute Gasteiger partial charge is 0.494 e. The van der Waals surface area contributed by atoms with Crippen LogP contribution in [0.2, 0.25) is 0 Å². The number of rotatable bonds is 9. The highest BCUT2D eigenvalue weighted by Gasteiger charge is 2.14. The molecule has 0 unspecified atom stereocenters. The van der Waals surface area contributed by atoms with Crippen LogP contribution >= 0.6 is 11.8 Å². The van der Waals surface area contributed by atoms with Crippen LogP contribution in [0.5, 0.6) is 5.75 Å². The summed E-state index contributed by atoms with van der Waals surface area (Å²) in [6.45, 7) is 2.87. The summed E-state index contributed by atoms with van der Waals surface area (Å²) < 4.78 is 9.43. The van der Waals surface area contributed by atoms with Gasteiger partial charge in [0.2, 0.25) is 5.91 Å². The van der Waals surface area contributed by atoms with Crippen molar-refractivity contribution in [2.45, 2.75) is 24.9 Å². The standard InChI is InChI=1S/C25H24N6O2S/c1-2-3-15-33-20-11-9-18(10-12-20)21-16-22-24-27-28-25(30(24)13-14-31(22)29-21)34-17-23(32)26-19-7-5-4-6-8-19/h4-14,16H,2-3,15,17H2,1H3,(H,26,32). The molecule has 0 bridgehead atoms. The maximum Gasteiger partial charge on any atom is 0.234 e. The fourth-order valence-electron chi connectivity index (χ4n) is 3.54. The number of carbonyl (C=O) groups is 1. The van der Waals surface area contributed by atoms with Crippen LogP contribution in [0.15, 0.2) is 78.2 Å². The number of thioether (sulfide) groups is 1. The third kappa shape index (κ3) is 4.74. The Kier molecular flexibility index (Phi) is 6.44. The van der Waals surface area contributed by atoms with Crippen LogP contribution < -0.4 is 10.1 Å². The molecule has 2 aromatic carbocycles. The van der Waals surface area contributed by atoms with Crippen molar-refractivity contribution in [1.82, 2.24) is 24.2 Å². The van der Waals surface area contributed by atoms with Gasteiger partial charge in [0, 0.05) is 23.6 Å². The van der Waals surface area contributed by atoms with Gasteiger partial charge in [-0.3, -0.25) is 9.20 Å². The molecular weight excluding hydrogens is 448 g/mol. The van der Waals surface area contributed by atoms with Gasteiger partial charge in [-0.15, -0.1) is 10.2 Å². The van der Waals surface area contributed by atoms with Crippen molar-refractivity contribution in [3.63, 3.8) is 0 Å². The van der Waals surface area contributed by atoms with Gasteiger partial charge in [-0.25, -0.2) is 4.52 Å². The normalized spacial score (nSPS) is 11.2. The Morgan fingerprint density at radius 1 is 1.06 bits per heavy atom. The van der Waals surface area contributed by atoms with Gasteiger partial charge in [-0.05, 0) is 48.9 Å². The van der Waals surface area contributed by atoms with E-state index >= 15 is 0 Å². The second kappa shape index (κ2) is 9.96. The molecule has 0 spiro atoms. The van der Waals surface area contributed by atoms with Crippen molar-refractivity contribution in [3.8, 4) is 17.0 Å². The van der Waals surface area contributed by atoms with Gasteiger partial charge in [-0.2, -0.15) is 5.10 Å². The molecule has 0 aliphatic carbocycles. The number of aromatic nitrogens is 5. The highest BCUT2D eigenvalue weighted by molar-refractivity contribution is 7.99. The Balaban J connectivity index is 1.32. The number of unbranched alkanes of at least 4 members (excludes halogenated alkanes) is 1. The molecule has 0 fully saturated rings. The van der Waals surface area contributed by atoms with Gasteiger partial charge in [-0.1, -0.05) is 43.3 Å². The summed E-state index contributed by atoms with van der Waals surface area (Å²) in [6.07, 6.45) is 5.88. The molecular formula is C25H24N6O2S. The highest BCUT2D eigenvalue weighted by Crippen LogP contribution is 2.26. The number of nitrogens with zero attached hydrogens (tertiary/aromatic N) is 5. The number of ether oxygens (including phenoxy) is 1. The van der Waals surface area contributed by atoms with Gasteiger partial charge in [0.25, 0.3) is 0 Å². The van der Waals surface area contributed by atoms with Gasteiger partial charge in [0.1, 0.15) is 11.3 Å². The van der Waals surface area contributed by atoms with Crippen LogP contribution in [-0.4, -0.2) is 42.5 Å². The number of hydrogen-bond acceptors (Lipinski definition) is 6. The van der Waals surface area contributed by atoms with E-state index < -0.39 is 0 Å². The lowest BCUT2D eigenvalue weighted by Gasteiger charge is -2.05. The summed E-state index contributed by atoms with van der Waals surface area (Å²) in [5.74, 6) is 1.000. The Hall–Kier alpha value is -3.85. The molecule has 34 heavy (non-hydrogen) atoms. The molecule has 0 saturated heterocycles. The van der Waals surface area contributed by atoms with E-state index in [0.29, 0.717) is 10.8 Å². The number of anilines is 1. The van der Waals surface area contributed by atoms with Crippen LogP contribution in [0.4, 0.5) is 5.69 Å². The molecule has 172 valence electrons. The molecule has 0 radical (unpaired) electrons. The summed E-state index contributed by atoms with van der Waals surface area (Å²) in [5.41, 5.74) is 4.14. The first-order valence-electron chi connectivity index (χ1n) is 11.2. The predicted molar refractivity (Wildman–Crippen MR) is 133 cm³/mol. The Labute approximate surface area is 201 Å². The maximum atomic E-state index is 12.3. The molecule has 0 aliphatic heterocycles. The first kappa shape index (κ1) is 22.0. The summed E-state index contributed by atoms with van der Waals surface area (Å²) in [6, 6.07) is 19.3. The van der Waals surface area contributed by atoms with Crippen LogP contribution in [0.3, 0.4) is 0 Å². The average molecular weight is 473 g/mol. The minimum atomic E-state index is -0.0946. The first-order chi connectivity index (χ1) is 16.7. The topological polar surface area (TPSA) is 85.8 Å². The maximum absolute atomic E-state index is 12.3. The quantitative estimate of drug-likeness (QED) is 0.241. The highest BCUT2D eigenvalue weighted by atomic mass is 32.2. The number of benzene rings is 2. The van der Waals surface area contributed by atoms with E-state index in [2.05, 4.69) is 22.4 Å². The number of nitrogens with one attached hydrogen (secondary N) is 1. The predicted octanol–water partition coefficient (Wildman–Crippen LogP) is 4.95. The van der Waals surface area contributed by atoms with Gasteiger partial charge < -0.3 is 10.1 Å². The fraction of sp³-hybridized carbons (Fsp3) is 0.200. The Bertz CT molecular complexity index is 1410. The van der Waals surface area contributed by atoms with E-state index in [0.717, 1.165) is 47.7 Å². The molecule has 3 aromatic heterocycles. The number of fused-ring (bicyclic) bond motifs is 3. The molecule has 1 N–H and O–H groups in total. The van der Waals surface area contributed by atoms with Crippen LogP contribution in [0.25, 0.3) is 22.4 Å². The molecule has 3 heterocycles. The van der Waals surface area contributed by atoms with Gasteiger partial charge >= 0.3 is 0 Å². The van der Waals surface area contributed by atoms with Crippen molar-refractivity contribution < 1.29 is 9.53 Å². The minimum Gasteiger partial charge on any atom is -0.494 e. The summed E-state index contributed by atoms with van der Waals surface area (Å²) >= 11 is 1.34. The number of hydrogen-bond donors (Lipinski definition) is 1. The zero-order valence-electron chi connectivity index (χ0n) is 18.7. The number of para-hydroxylation sites is 1. The molecule has 5 aromatic rings. The number of amides is 1. The van der Waals surface area contributed by atoms with Gasteiger partial charge in [0.05, 0.1) is 18.1 Å². The summed E-state index contributed by atoms with van der Waals surface area (Å²) in [7, 11) is 0. The van der Waals surface area contributed by atoms with Crippen molar-refractivity contribution in [2.75, 3.05) is 17.7 Å². The average Bonchev–Trinajstić information content (AvgIpc) is 3.48. The van der Waals surface area contributed by atoms with E-state index in [4.69, 9.17) is 9.84 Å². The second-order valence-corrected chi connectivity index (χ2v) is 8.71. The molecule has 9 heteroatoms. The van der Waals surface area contributed by atoms with Crippen LogP contribution in [0.1, 0.15) is 19.8 Å². The molecule has 5 rings (SSSR count). The monoisotopic (exact) mass is 472 g/mol. The lowest BCUT2D eigenvalue weighted by Crippen LogP contribution is -2.14. The molecule has 8 nitrogen and oxygen atoms in total. The van der Waals surface area contributed by atoms with Crippen molar-refractivity contribution >= 4 is 34.5 Å². The lowest BCUT2D eigenvalue weighted by atomic mass is 10.1. The summed E-state index contributed by atoms with van der Waals surface area (Å²) in [5, 5.41) is 16.9. The summed E-state index contributed by atoms with van der Waals surface area (Å²) in [4.78, 5) is 12.3. The Morgan fingerprint density at radius 2 is 1.88 bits per heavy atom. The van der Waals surface area contributed by atoms with Gasteiger partial charge in [0.15, 0.2) is 10.8 Å². The minimum absolute atomic E-state index is 0.0946. The van der Waals surface area contributed by atoms with E-state index in [1.807, 2.05) is 77.5 Å². The molecule has 0 atom stereocenters. The van der Waals surface area contributed by atoms with Crippen LogP contribution in [0, 0.1) is 0 Å². The first-order valence-corrected chi connectivity index (χ1v) is 12.1. The van der Waals surface area contributed by atoms with E-state index in [-0.39, 0.29) is 11.7 Å². The third-order valence-corrected chi connectivity index (χ3v) is 6.24. The van der Waals surface area contributed by atoms with Crippen molar-refractivity contribution in [1.29, 1.82) is 0 Å². The third-order valence-electron chi connectivity index (χ3n) is 5.29. The second-order valence-electron chi connectivity index (χ2n) is 7.76. The zero-order chi connectivity index (χ0) is 23.3. The molecule has 0 aliphatic rings. The fourth-order valence-corrected chi connectivity index (χ4v) is 4.25. The zero-order valence-corrected chi connectivity index (χ0v) is 19.5. The Morgan fingerprint density at radius 3 is 2.68 bits per heavy atom.